The van der Waals surface area contributed by atoms with Crippen molar-refractivity contribution < 1.29 is 13.2 Å². The van der Waals surface area contributed by atoms with Gasteiger partial charge in [0.2, 0.25) is 0 Å². The van der Waals surface area contributed by atoms with Crippen LogP contribution in [0.2, 0.25) is 0 Å². The molecule has 1 aromatic carbocycles. The van der Waals surface area contributed by atoms with Gasteiger partial charge in [0.1, 0.15) is 9.84 Å². The minimum atomic E-state index is -3.08. The number of sulfone groups is 1. The fourth-order valence-corrected chi connectivity index (χ4v) is 2.66. The molecule has 0 aliphatic rings. The molecule has 5 N–H and O–H groups in total. The summed E-state index contributed by atoms with van der Waals surface area (Å²) in [5, 5.41) is 2.95. The van der Waals surface area contributed by atoms with Crippen LogP contribution in [0.25, 0.3) is 0 Å². The topological polar surface area (TPSA) is 115 Å². The number of primary amides is 1. The first-order valence-electron chi connectivity index (χ1n) is 5.33. The average molecular weight is 271 g/mol. The zero-order chi connectivity index (χ0) is 13.9. The van der Waals surface area contributed by atoms with Crippen LogP contribution < -0.4 is 16.8 Å². The standard InChI is InChI=1S/C11H17N3O3S/c1-7(6-18(2,16)17)14-9-5-3-4-8(10(9)12)11(13)15/h3-5,7,14H,6,12H2,1-2H3,(H2,13,15). The second-order valence-electron chi connectivity index (χ2n) is 4.27. The van der Waals surface area contributed by atoms with Gasteiger partial charge in [-0.1, -0.05) is 6.07 Å². The molecule has 0 aromatic heterocycles. The highest BCUT2D eigenvalue weighted by molar-refractivity contribution is 7.90. The SMILES string of the molecule is CC(CS(C)(=O)=O)Nc1cccc(C(N)=O)c1N. The number of para-hydroxylation sites is 1. The van der Waals surface area contributed by atoms with Crippen molar-refractivity contribution in [2.45, 2.75) is 13.0 Å². The molecule has 6 nitrogen and oxygen atoms in total. The molecule has 0 heterocycles. The molecule has 7 heteroatoms. The first-order valence-corrected chi connectivity index (χ1v) is 7.39. The summed E-state index contributed by atoms with van der Waals surface area (Å²) in [6.45, 7) is 1.72. The molecule has 1 rings (SSSR count). The molecule has 0 radical (unpaired) electrons. The van der Waals surface area contributed by atoms with Gasteiger partial charge in [0.25, 0.3) is 5.91 Å². The summed E-state index contributed by atoms with van der Waals surface area (Å²) in [7, 11) is -3.08. The maximum absolute atomic E-state index is 11.1. The van der Waals surface area contributed by atoms with Crippen molar-refractivity contribution in [3.05, 3.63) is 23.8 Å². The molecule has 100 valence electrons. The summed E-state index contributed by atoms with van der Waals surface area (Å²) in [4.78, 5) is 11.1. The first-order chi connectivity index (χ1) is 8.20. The van der Waals surface area contributed by atoms with E-state index in [9.17, 15) is 13.2 Å². The number of carbonyl (C=O) groups is 1. The minimum absolute atomic E-state index is 0.0206. The van der Waals surface area contributed by atoms with E-state index in [-0.39, 0.29) is 23.0 Å². The van der Waals surface area contributed by atoms with Gasteiger partial charge in [0.15, 0.2) is 0 Å². The maximum atomic E-state index is 11.1. The van der Waals surface area contributed by atoms with Crippen molar-refractivity contribution in [1.29, 1.82) is 0 Å². The third kappa shape index (κ3) is 3.92. The Hall–Kier alpha value is -1.76. The Morgan fingerprint density at radius 1 is 1.44 bits per heavy atom. The van der Waals surface area contributed by atoms with E-state index < -0.39 is 15.7 Å². The fraction of sp³-hybridized carbons (Fsp3) is 0.364. The van der Waals surface area contributed by atoms with E-state index in [1.165, 1.54) is 6.07 Å². The molecule has 0 saturated heterocycles. The van der Waals surface area contributed by atoms with E-state index in [1.54, 1.807) is 19.1 Å². The smallest absolute Gasteiger partial charge is 0.250 e. The average Bonchev–Trinajstić information content (AvgIpc) is 2.17. The number of carbonyl (C=O) groups excluding carboxylic acids is 1. The molecule has 18 heavy (non-hydrogen) atoms. The number of hydrogen-bond donors (Lipinski definition) is 3. The number of anilines is 2. The molecule has 0 fully saturated rings. The fourth-order valence-electron chi connectivity index (χ4n) is 1.67. The molecule has 1 aromatic rings. The molecule has 0 spiro atoms. The first kappa shape index (κ1) is 14.3. The van der Waals surface area contributed by atoms with Gasteiger partial charge in [-0.2, -0.15) is 0 Å². The van der Waals surface area contributed by atoms with Crippen molar-refractivity contribution in [3.8, 4) is 0 Å². The van der Waals surface area contributed by atoms with Crippen molar-refractivity contribution in [2.75, 3.05) is 23.1 Å². The number of rotatable bonds is 5. The quantitative estimate of drug-likeness (QED) is 0.662. The lowest BCUT2D eigenvalue weighted by atomic mass is 10.1. The van der Waals surface area contributed by atoms with Crippen LogP contribution in [-0.2, 0) is 9.84 Å². The third-order valence-electron chi connectivity index (χ3n) is 2.33. The number of nitrogens with two attached hydrogens (primary N) is 2. The summed E-state index contributed by atoms with van der Waals surface area (Å²) < 4.78 is 22.3. The monoisotopic (exact) mass is 271 g/mol. The van der Waals surface area contributed by atoms with E-state index in [0.717, 1.165) is 6.26 Å². The van der Waals surface area contributed by atoms with E-state index >= 15 is 0 Å². The van der Waals surface area contributed by atoms with Crippen molar-refractivity contribution >= 4 is 27.1 Å². The third-order valence-corrected chi connectivity index (χ3v) is 3.43. The number of nitrogens with one attached hydrogen (secondary N) is 1. The van der Waals surface area contributed by atoms with Gasteiger partial charge in [0.05, 0.1) is 22.7 Å². The molecule has 0 aliphatic heterocycles. The molecular weight excluding hydrogens is 254 g/mol. The zero-order valence-electron chi connectivity index (χ0n) is 10.3. The van der Waals surface area contributed by atoms with Crippen LogP contribution in [0, 0.1) is 0 Å². The molecule has 1 unspecified atom stereocenters. The van der Waals surface area contributed by atoms with Crippen LogP contribution in [0.3, 0.4) is 0 Å². The molecule has 1 atom stereocenters. The van der Waals surface area contributed by atoms with E-state index in [2.05, 4.69) is 5.32 Å². The highest BCUT2D eigenvalue weighted by Crippen LogP contribution is 2.23. The Kier molecular flexibility index (Phi) is 4.18. The van der Waals surface area contributed by atoms with Crippen molar-refractivity contribution in [2.24, 2.45) is 5.73 Å². The minimum Gasteiger partial charge on any atom is -0.396 e. The summed E-state index contributed by atoms with van der Waals surface area (Å²) in [6.07, 6.45) is 1.16. The van der Waals surface area contributed by atoms with Gasteiger partial charge in [0, 0.05) is 12.3 Å². The van der Waals surface area contributed by atoms with Gasteiger partial charge in [-0.05, 0) is 19.1 Å². The van der Waals surface area contributed by atoms with E-state index in [4.69, 9.17) is 11.5 Å². The predicted octanol–water partition coefficient (Wildman–Crippen LogP) is 0.213. The van der Waals surface area contributed by atoms with Crippen molar-refractivity contribution in [1.82, 2.24) is 0 Å². The van der Waals surface area contributed by atoms with E-state index in [1.807, 2.05) is 0 Å². The highest BCUT2D eigenvalue weighted by Gasteiger charge is 2.14. The summed E-state index contributed by atoms with van der Waals surface area (Å²) >= 11 is 0. The van der Waals surface area contributed by atoms with Crippen LogP contribution in [0.15, 0.2) is 18.2 Å². The predicted molar refractivity (Wildman–Crippen MR) is 72.2 cm³/mol. The van der Waals surface area contributed by atoms with Gasteiger partial charge in [-0.3, -0.25) is 4.79 Å². The number of amides is 1. The Morgan fingerprint density at radius 2 is 2.06 bits per heavy atom. The second kappa shape index (κ2) is 5.26. The molecule has 0 saturated carbocycles. The van der Waals surface area contributed by atoms with Crippen LogP contribution >= 0.6 is 0 Å². The summed E-state index contributed by atoms with van der Waals surface area (Å²) in [6, 6.07) is 4.50. The lowest BCUT2D eigenvalue weighted by Gasteiger charge is -2.17. The maximum Gasteiger partial charge on any atom is 0.250 e. The largest absolute Gasteiger partial charge is 0.396 e. The van der Waals surface area contributed by atoms with Crippen LogP contribution in [0.1, 0.15) is 17.3 Å². The van der Waals surface area contributed by atoms with Gasteiger partial charge < -0.3 is 16.8 Å². The number of nitrogen functional groups attached to an aromatic ring is 1. The molecule has 0 aliphatic carbocycles. The van der Waals surface area contributed by atoms with Crippen molar-refractivity contribution in [3.63, 3.8) is 0 Å². The summed E-state index contributed by atoms with van der Waals surface area (Å²) in [5.74, 6) is -0.639. The Labute approximate surface area is 106 Å². The lowest BCUT2D eigenvalue weighted by Crippen LogP contribution is -2.26. The Bertz CT molecular complexity index is 555. The number of hydrogen-bond acceptors (Lipinski definition) is 5. The van der Waals surface area contributed by atoms with Crippen LogP contribution in [-0.4, -0.2) is 32.4 Å². The van der Waals surface area contributed by atoms with Crippen LogP contribution in [0.5, 0.6) is 0 Å². The second-order valence-corrected chi connectivity index (χ2v) is 6.45. The van der Waals surface area contributed by atoms with Crippen LogP contribution in [0.4, 0.5) is 11.4 Å². The van der Waals surface area contributed by atoms with Gasteiger partial charge >= 0.3 is 0 Å². The molecule has 1 amide bonds. The van der Waals surface area contributed by atoms with E-state index in [0.29, 0.717) is 5.69 Å². The Balaban J connectivity index is 2.92. The van der Waals surface area contributed by atoms with Gasteiger partial charge in [-0.25, -0.2) is 8.42 Å². The zero-order valence-corrected chi connectivity index (χ0v) is 11.1. The summed E-state index contributed by atoms with van der Waals surface area (Å²) in [5.41, 5.74) is 11.9. The van der Waals surface area contributed by atoms with Gasteiger partial charge in [-0.15, -0.1) is 0 Å². The molecule has 0 bridgehead atoms. The Morgan fingerprint density at radius 3 is 2.56 bits per heavy atom. The lowest BCUT2D eigenvalue weighted by molar-refractivity contribution is 0.100. The highest BCUT2D eigenvalue weighted by atomic mass is 32.2. The number of benzene rings is 1. The molecular formula is C11H17N3O3S. The normalized spacial score (nSPS) is 13.0.